The van der Waals surface area contributed by atoms with Crippen LogP contribution >= 0.6 is 0 Å². The highest BCUT2D eigenvalue weighted by Crippen LogP contribution is 2.45. The van der Waals surface area contributed by atoms with Crippen LogP contribution in [0.3, 0.4) is 0 Å². The molecule has 1 amide bonds. The molecule has 0 saturated heterocycles. The highest BCUT2D eigenvalue weighted by molar-refractivity contribution is 6.09. The fraction of sp³-hybridized carbons (Fsp3) is 0.250. The highest BCUT2D eigenvalue weighted by Gasteiger charge is 2.42. The van der Waals surface area contributed by atoms with Crippen molar-refractivity contribution in [2.45, 2.75) is 25.0 Å². The molecule has 5 nitrogen and oxygen atoms in total. The maximum Gasteiger partial charge on any atom is 0.275 e. The maximum absolute atomic E-state index is 12.2. The van der Waals surface area contributed by atoms with Gasteiger partial charge in [-0.1, -0.05) is 30.3 Å². The number of H-pyrrole nitrogens is 1. The second-order valence-electron chi connectivity index (χ2n) is 6.84. The van der Waals surface area contributed by atoms with E-state index in [1.165, 1.54) is 18.4 Å². The van der Waals surface area contributed by atoms with Crippen molar-refractivity contribution < 1.29 is 9.63 Å². The second kappa shape index (κ2) is 5.18. The SMILES string of the molecule is CNC1(c2ccc(-c3[nH]c4cccc5c4c3CONC5=O)cc2)CC1. The molecule has 2 aliphatic rings. The zero-order valence-corrected chi connectivity index (χ0v) is 14.0. The van der Waals surface area contributed by atoms with Crippen LogP contribution in [-0.4, -0.2) is 17.9 Å². The van der Waals surface area contributed by atoms with Crippen molar-refractivity contribution in [3.63, 3.8) is 0 Å². The molecule has 0 unspecified atom stereocenters. The molecule has 25 heavy (non-hydrogen) atoms. The summed E-state index contributed by atoms with van der Waals surface area (Å²) in [6.07, 6.45) is 2.37. The largest absolute Gasteiger partial charge is 0.354 e. The number of hydrogen-bond acceptors (Lipinski definition) is 3. The van der Waals surface area contributed by atoms with Crippen LogP contribution in [0.5, 0.6) is 0 Å². The van der Waals surface area contributed by atoms with Crippen molar-refractivity contribution in [3.8, 4) is 11.3 Å². The van der Waals surface area contributed by atoms with E-state index < -0.39 is 0 Å². The van der Waals surface area contributed by atoms with E-state index in [-0.39, 0.29) is 11.4 Å². The van der Waals surface area contributed by atoms with Gasteiger partial charge in [0, 0.05) is 22.0 Å². The van der Waals surface area contributed by atoms with Crippen molar-refractivity contribution in [2.24, 2.45) is 0 Å². The Morgan fingerprint density at radius 1 is 1.12 bits per heavy atom. The van der Waals surface area contributed by atoms with Crippen LogP contribution in [0.25, 0.3) is 22.2 Å². The molecule has 2 heterocycles. The van der Waals surface area contributed by atoms with Gasteiger partial charge in [-0.3, -0.25) is 9.63 Å². The van der Waals surface area contributed by atoms with Crippen LogP contribution in [0.1, 0.15) is 34.3 Å². The molecule has 3 aromatic rings. The number of benzene rings is 2. The van der Waals surface area contributed by atoms with Crippen molar-refractivity contribution in [2.75, 3.05) is 7.05 Å². The summed E-state index contributed by atoms with van der Waals surface area (Å²) in [6.45, 7) is 0.348. The molecule has 0 spiro atoms. The van der Waals surface area contributed by atoms with Gasteiger partial charge in [-0.15, -0.1) is 0 Å². The van der Waals surface area contributed by atoms with Crippen molar-refractivity contribution in [1.29, 1.82) is 0 Å². The predicted molar refractivity (Wildman–Crippen MR) is 96.0 cm³/mol. The summed E-state index contributed by atoms with van der Waals surface area (Å²) in [5, 5.41) is 4.38. The number of aromatic nitrogens is 1. The van der Waals surface area contributed by atoms with Crippen LogP contribution in [0.2, 0.25) is 0 Å². The number of hydrogen-bond donors (Lipinski definition) is 3. The third-order valence-electron chi connectivity index (χ3n) is 5.51. The summed E-state index contributed by atoms with van der Waals surface area (Å²) in [5.41, 5.74) is 8.74. The van der Waals surface area contributed by atoms with Crippen LogP contribution in [0, 0.1) is 0 Å². The zero-order chi connectivity index (χ0) is 17.0. The van der Waals surface area contributed by atoms with Crippen LogP contribution in [0.4, 0.5) is 0 Å². The smallest absolute Gasteiger partial charge is 0.275 e. The molecule has 3 N–H and O–H groups in total. The number of carbonyl (C=O) groups is 1. The molecule has 1 fully saturated rings. The van der Waals surface area contributed by atoms with Gasteiger partial charge in [0.15, 0.2) is 0 Å². The summed E-state index contributed by atoms with van der Waals surface area (Å²) in [4.78, 5) is 21.0. The van der Waals surface area contributed by atoms with Gasteiger partial charge in [0.05, 0.1) is 11.3 Å². The van der Waals surface area contributed by atoms with E-state index in [4.69, 9.17) is 4.84 Å². The van der Waals surface area contributed by atoms with Gasteiger partial charge < -0.3 is 10.3 Å². The first-order valence-electron chi connectivity index (χ1n) is 8.57. The summed E-state index contributed by atoms with van der Waals surface area (Å²) >= 11 is 0. The fourth-order valence-electron chi connectivity index (χ4n) is 3.89. The lowest BCUT2D eigenvalue weighted by molar-refractivity contribution is 0.0256. The monoisotopic (exact) mass is 333 g/mol. The molecule has 5 rings (SSSR count). The molecule has 126 valence electrons. The number of hydroxylamine groups is 1. The molecule has 2 aromatic carbocycles. The first-order valence-corrected chi connectivity index (χ1v) is 8.57. The van der Waals surface area contributed by atoms with E-state index in [2.05, 4.69) is 40.0 Å². The lowest BCUT2D eigenvalue weighted by Gasteiger charge is -2.15. The molecular formula is C20H19N3O2. The number of rotatable bonds is 3. The van der Waals surface area contributed by atoms with E-state index in [0.29, 0.717) is 12.2 Å². The molecule has 1 aliphatic carbocycles. The van der Waals surface area contributed by atoms with Gasteiger partial charge in [0.1, 0.15) is 6.61 Å². The lowest BCUT2D eigenvalue weighted by Crippen LogP contribution is -2.24. The van der Waals surface area contributed by atoms with Crippen molar-refractivity contribution in [3.05, 3.63) is 59.2 Å². The van der Waals surface area contributed by atoms with E-state index in [9.17, 15) is 4.79 Å². The Bertz CT molecular complexity index is 984. The van der Waals surface area contributed by atoms with Gasteiger partial charge >= 0.3 is 0 Å². The molecule has 1 saturated carbocycles. The van der Waals surface area contributed by atoms with Crippen LogP contribution < -0.4 is 10.8 Å². The summed E-state index contributed by atoms with van der Waals surface area (Å²) in [5.74, 6) is -0.199. The summed E-state index contributed by atoms with van der Waals surface area (Å²) in [6, 6.07) is 14.4. The average Bonchev–Trinajstić information content (AvgIpc) is 3.39. The van der Waals surface area contributed by atoms with E-state index >= 15 is 0 Å². The summed E-state index contributed by atoms with van der Waals surface area (Å²) in [7, 11) is 2.02. The van der Waals surface area contributed by atoms with Gasteiger partial charge in [-0.25, -0.2) is 5.48 Å². The average molecular weight is 333 g/mol. The van der Waals surface area contributed by atoms with Crippen LogP contribution in [0.15, 0.2) is 42.5 Å². The molecule has 0 atom stereocenters. The van der Waals surface area contributed by atoms with Gasteiger partial charge in [-0.2, -0.15) is 0 Å². The predicted octanol–water partition coefficient (Wildman–Crippen LogP) is 3.22. The van der Waals surface area contributed by atoms with Gasteiger partial charge in [0.25, 0.3) is 5.91 Å². The standard InChI is InChI=1S/C20H19N3O2/c1-21-20(9-10-20)13-7-5-12(6-8-13)18-15-11-25-23-19(24)14-3-2-4-16(22-18)17(14)15/h2-8,21-22H,9-11H2,1H3,(H,23,24). The van der Waals surface area contributed by atoms with E-state index in [0.717, 1.165) is 27.7 Å². The third kappa shape index (κ3) is 2.13. The first-order chi connectivity index (χ1) is 12.2. The Hall–Kier alpha value is -2.63. The highest BCUT2D eigenvalue weighted by atomic mass is 16.6. The minimum atomic E-state index is -0.199. The van der Waals surface area contributed by atoms with Crippen LogP contribution in [-0.2, 0) is 17.0 Å². The Balaban J connectivity index is 1.65. The van der Waals surface area contributed by atoms with Crippen molar-refractivity contribution >= 4 is 16.8 Å². The zero-order valence-electron chi connectivity index (χ0n) is 14.0. The molecular weight excluding hydrogens is 314 g/mol. The summed E-state index contributed by atoms with van der Waals surface area (Å²) < 4.78 is 0. The minimum absolute atomic E-state index is 0.164. The Morgan fingerprint density at radius 2 is 1.92 bits per heavy atom. The second-order valence-corrected chi connectivity index (χ2v) is 6.84. The molecule has 1 aliphatic heterocycles. The lowest BCUT2D eigenvalue weighted by atomic mass is 9.99. The maximum atomic E-state index is 12.2. The molecule has 0 radical (unpaired) electrons. The number of aromatic amines is 1. The Kier molecular flexibility index (Phi) is 3.04. The first kappa shape index (κ1) is 14.7. The normalized spacial score (nSPS) is 18.0. The fourth-order valence-corrected chi connectivity index (χ4v) is 3.89. The number of carbonyl (C=O) groups excluding carboxylic acids is 1. The van der Waals surface area contributed by atoms with Gasteiger partial charge in [-0.05, 0) is 43.1 Å². The van der Waals surface area contributed by atoms with Crippen molar-refractivity contribution in [1.82, 2.24) is 15.8 Å². The number of nitrogens with one attached hydrogen (secondary N) is 3. The van der Waals surface area contributed by atoms with E-state index in [1.807, 2.05) is 25.2 Å². The topological polar surface area (TPSA) is 66.2 Å². The molecule has 1 aromatic heterocycles. The Labute approximate surface area is 145 Å². The molecule has 0 bridgehead atoms. The van der Waals surface area contributed by atoms with Gasteiger partial charge in [0.2, 0.25) is 0 Å². The number of amides is 1. The van der Waals surface area contributed by atoms with E-state index in [1.54, 1.807) is 0 Å². The quantitative estimate of drug-likeness (QED) is 0.689. The Morgan fingerprint density at radius 3 is 2.64 bits per heavy atom. The third-order valence-corrected chi connectivity index (χ3v) is 5.51. The molecule has 5 heteroatoms. The minimum Gasteiger partial charge on any atom is -0.354 e.